The van der Waals surface area contributed by atoms with Crippen LogP contribution < -0.4 is 15.8 Å². The maximum Gasteiger partial charge on any atom is 0.243 e. The van der Waals surface area contributed by atoms with Gasteiger partial charge in [0.05, 0.1) is 19.7 Å². The van der Waals surface area contributed by atoms with Crippen LogP contribution in [0.15, 0.2) is 54.6 Å². The Morgan fingerprint density at radius 1 is 1.15 bits per heavy atom. The number of nitrogens with zero attached hydrogens (tertiary/aromatic N) is 1. The Kier molecular flexibility index (Phi) is 9.33. The number of nitrogens with two attached hydrogens (primary N) is 1. The summed E-state index contributed by atoms with van der Waals surface area (Å²) >= 11 is 0. The van der Waals surface area contributed by atoms with Gasteiger partial charge in [0.2, 0.25) is 11.8 Å². The number of methoxy groups -OCH3 is 1. The highest BCUT2D eigenvalue weighted by Gasteiger charge is 2.22. The molecule has 0 aliphatic heterocycles. The number of nitrogens with one attached hydrogen (secondary N) is 1. The van der Waals surface area contributed by atoms with E-state index in [4.69, 9.17) is 10.5 Å². The minimum Gasteiger partial charge on any atom is -0.497 e. The van der Waals surface area contributed by atoms with Crippen LogP contribution in [-0.4, -0.2) is 43.0 Å². The maximum absolute atomic E-state index is 12.6. The first-order chi connectivity index (χ1) is 12.5. The van der Waals surface area contributed by atoms with Crippen molar-refractivity contribution in [3.05, 3.63) is 60.2 Å². The Balaban J connectivity index is 0.00000364. The van der Waals surface area contributed by atoms with E-state index in [1.165, 1.54) is 4.90 Å². The molecule has 2 aromatic rings. The molecule has 146 valence electrons. The summed E-state index contributed by atoms with van der Waals surface area (Å²) in [4.78, 5) is 26.3. The van der Waals surface area contributed by atoms with Crippen LogP contribution in [-0.2, 0) is 16.0 Å². The molecular formula is C20H26ClN3O3. The van der Waals surface area contributed by atoms with Crippen molar-refractivity contribution in [2.75, 3.05) is 25.5 Å². The summed E-state index contributed by atoms with van der Waals surface area (Å²) in [5, 5.41) is 2.77. The first kappa shape index (κ1) is 22.5. The second-order valence-electron chi connectivity index (χ2n) is 5.93. The Hall–Kier alpha value is -2.57. The quantitative estimate of drug-likeness (QED) is 0.724. The Morgan fingerprint density at radius 2 is 1.85 bits per heavy atom. The minimum absolute atomic E-state index is 0. The number of amides is 2. The third-order valence-electron chi connectivity index (χ3n) is 4.00. The van der Waals surface area contributed by atoms with E-state index in [9.17, 15) is 9.59 Å². The first-order valence-electron chi connectivity index (χ1n) is 8.55. The number of halogens is 1. The van der Waals surface area contributed by atoms with Crippen molar-refractivity contribution in [3.63, 3.8) is 0 Å². The van der Waals surface area contributed by atoms with Crippen LogP contribution in [0.1, 0.15) is 12.5 Å². The van der Waals surface area contributed by atoms with Gasteiger partial charge in [0.25, 0.3) is 0 Å². The van der Waals surface area contributed by atoms with E-state index in [-0.39, 0.29) is 30.8 Å². The predicted octanol–water partition coefficient (Wildman–Crippen LogP) is 2.47. The number of likely N-dealkylation sites (N-methyl/N-ethyl adjacent to an activating group) is 1. The molecule has 0 aliphatic rings. The normalized spacial score (nSPS) is 11.1. The van der Waals surface area contributed by atoms with Crippen molar-refractivity contribution in [3.8, 4) is 5.75 Å². The topological polar surface area (TPSA) is 84.7 Å². The summed E-state index contributed by atoms with van der Waals surface area (Å²) in [6.07, 6.45) is 0.438. The average Bonchev–Trinajstić information content (AvgIpc) is 2.66. The lowest BCUT2D eigenvalue weighted by atomic mass is 10.1. The van der Waals surface area contributed by atoms with Crippen molar-refractivity contribution < 1.29 is 14.3 Å². The van der Waals surface area contributed by atoms with Gasteiger partial charge >= 0.3 is 0 Å². The van der Waals surface area contributed by atoms with Crippen molar-refractivity contribution in [1.29, 1.82) is 0 Å². The van der Waals surface area contributed by atoms with Gasteiger partial charge in [-0.1, -0.05) is 36.4 Å². The van der Waals surface area contributed by atoms with E-state index < -0.39 is 6.04 Å². The van der Waals surface area contributed by atoms with Gasteiger partial charge in [0, 0.05) is 18.3 Å². The van der Waals surface area contributed by atoms with Crippen LogP contribution in [0, 0.1) is 0 Å². The van der Waals surface area contributed by atoms with Gasteiger partial charge in [-0.25, -0.2) is 0 Å². The van der Waals surface area contributed by atoms with Gasteiger partial charge in [0.15, 0.2) is 0 Å². The second kappa shape index (κ2) is 11.2. The van der Waals surface area contributed by atoms with Crippen molar-refractivity contribution in [1.82, 2.24) is 4.90 Å². The molecule has 1 atom stereocenters. The molecule has 0 saturated carbocycles. The number of rotatable bonds is 8. The smallest absolute Gasteiger partial charge is 0.243 e. The van der Waals surface area contributed by atoms with Crippen LogP contribution in [0.2, 0.25) is 0 Å². The molecule has 6 nitrogen and oxygen atoms in total. The second-order valence-corrected chi connectivity index (χ2v) is 5.93. The number of hydrogen-bond acceptors (Lipinski definition) is 4. The molecular weight excluding hydrogens is 366 g/mol. The molecule has 0 bridgehead atoms. The zero-order chi connectivity index (χ0) is 18.9. The largest absolute Gasteiger partial charge is 0.497 e. The number of carbonyl (C=O) groups excluding carboxylic acids is 2. The van der Waals surface area contributed by atoms with Gasteiger partial charge in [-0.15, -0.1) is 12.4 Å². The Bertz CT molecular complexity index is 740. The summed E-state index contributed by atoms with van der Waals surface area (Å²) in [6, 6.07) is 16.0. The molecule has 2 aromatic carbocycles. The monoisotopic (exact) mass is 391 g/mol. The summed E-state index contributed by atoms with van der Waals surface area (Å²) in [6.45, 7) is 2.19. The molecule has 3 N–H and O–H groups in total. The van der Waals surface area contributed by atoms with Crippen LogP contribution in [0.3, 0.4) is 0 Å². The zero-order valence-electron chi connectivity index (χ0n) is 15.6. The number of carbonyl (C=O) groups is 2. The molecule has 2 amide bonds. The van der Waals surface area contributed by atoms with E-state index in [0.717, 1.165) is 5.56 Å². The lowest BCUT2D eigenvalue weighted by molar-refractivity contribution is -0.135. The van der Waals surface area contributed by atoms with E-state index in [1.807, 2.05) is 37.3 Å². The molecule has 27 heavy (non-hydrogen) atoms. The standard InChI is InChI=1S/C20H25N3O3.ClH/c1-3-23(20(25)18(21)12-15-8-5-4-6-9-15)14-19(24)22-16-10-7-11-17(13-16)26-2;/h4-11,13,18H,3,12,14,21H2,1-2H3,(H,22,24);1H. The third-order valence-corrected chi connectivity index (χ3v) is 4.00. The van der Waals surface area contributed by atoms with E-state index in [1.54, 1.807) is 31.4 Å². The van der Waals surface area contributed by atoms with Crippen LogP contribution in [0.4, 0.5) is 5.69 Å². The fourth-order valence-electron chi connectivity index (χ4n) is 2.61. The van der Waals surface area contributed by atoms with E-state index in [2.05, 4.69) is 5.32 Å². The average molecular weight is 392 g/mol. The van der Waals surface area contributed by atoms with Crippen LogP contribution >= 0.6 is 12.4 Å². The maximum atomic E-state index is 12.6. The molecule has 0 radical (unpaired) electrons. The summed E-state index contributed by atoms with van der Waals surface area (Å²) in [7, 11) is 1.56. The molecule has 1 unspecified atom stereocenters. The fourth-order valence-corrected chi connectivity index (χ4v) is 2.61. The fraction of sp³-hybridized carbons (Fsp3) is 0.300. The molecule has 0 aliphatic carbocycles. The van der Waals surface area contributed by atoms with E-state index in [0.29, 0.717) is 24.4 Å². The highest BCUT2D eigenvalue weighted by Crippen LogP contribution is 2.16. The minimum atomic E-state index is -0.679. The number of ether oxygens (including phenoxy) is 1. The molecule has 0 fully saturated rings. The summed E-state index contributed by atoms with van der Waals surface area (Å²) < 4.78 is 5.13. The van der Waals surface area contributed by atoms with Crippen LogP contribution in [0.5, 0.6) is 5.75 Å². The lowest BCUT2D eigenvalue weighted by Gasteiger charge is -2.24. The van der Waals surface area contributed by atoms with Gasteiger partial charge in [-0.05, 0) is 31.0 Å². The van der Waals surface area contributed by atoms with Crippen LogP contribution in [0.25, 0.3) is 0 Å². The SMILES string of the molecule is CCN(CC(=O)Nc1cccc(OC)c1)C(=O)C(N)Cc1ccccc1.Cl. The molecule has 0 saturated heterocycles. The first-order valence-corrected chi connectivity index (χ1v) is 8.55. The molecule has 0 heterocycles. The molecule has 0 aromatic heterocycles. The molecule has 0 spiro atoms. The number of hydrogen-bond donors (Lipinski definition) is 2. The molecule has 2 rings (SSSR count). The number of anilines is 1. The van der Waals surface area contributed by atoms with Gasteiger partial charge in [0.1, 0.15) is 5.75 Å². The van der Waals surface area contributed by atoms with Crippen molar-refractivity contribution >= 4 is 29.9 Å². The number of benzene rings is 2. The van der Waals surface area contributed by atoms with Gasteiger partial charge < -0.3 is 20.7 Å². The van der Waals surface area contributed by atoms with Crippen molar-refractivity contribution in [2.45, 2.75) is 19.4 Å². The van der Waals surface area contributed by atoms with E-state index >= 15 is 0 Å². The Labute approximate surface area is 166 Å². The Morgan fingerprint density at radius 3 is 2.48 bits per heavy atom. The molecule has 7 heteroatoms. The highest BCUT2D eigenvalue weighted by atomic mass is 35.5. The predicted molar refractivity (Wildman–Crippen MR) is 109 cm³/mol. The third kappa shape index (κ3) is 6.92. The summed E-state index contributed by atoms with van der Waals surface area (Å²) in [5.74, 6) is 0.133. The zero-order valence-corrected chi connectivity index (χ0v) is 16.4. The lowest BCUT2D eigenvalue weighted by Crippen LogP contribution is -2.47. The van der Waals surface area contributed by atoms with Gasteiger partial charge in [-0.2, -0.15) is 0 Å². The summed E-state index contributed by atoms with van der Waals surface area (Å²) in [5.41, 5.74) is 7.66. The van der Waals surface area contributed by atoms with Crippen molar-refractivity contribution in [2.24, 2.45) is 5.73 Å². The van der Waals surface area contributed by atoms with Gasteiger partial charge in [-0.3, -0.25) is 9.59 Å². The highest BCUT2D eigenvalue weighted by molar-refractivity contribution is 5.95.